The van der Waals surface area contributed by atoms with Crippen LogP contribution in [0.2, 0.25) is 0 Å². The molecule has 2 N–H and O–H groups in total. The summed E-state index contributed by atoms with van der Waals surface area (Å²) in [5.74, 6) is 0.851. The molecule has 1 aliphatic carbocycles. The van der Waals surface area contributed by atoms with Gasteiger partial charge in [0.15, 0.2) is 0 Å². The van der Waals surface area contributed by atoms with E-state index in [0.717, 1.165) is 6.42 Å². The molecule has 1 fully saturated rings. The van der Waals surface area contributed by atoms with Gasteiger partial charge in [0, 0.05) is 12.0 Å². The molecule has 3 heteroatoms. The second kappa shape index (κ2) is 3.22. The van der Waals surface area contributed by atoms with Gasteiger partial charge in [0.25, 0.3) is 0 Å². The number of carbonyl (C=O) groups is 1. The van der Waals surface area contributed by atoms with E-state index < -0.39 is 0 Å². The van der Waals surface area contributed by atoms with Gasteiger partial charge in [0.05, 0.1) is 6.61 Å². The van der Waals surface area contributed by atoms with Crippen molar-refractivity contribution in [1.82, 2.24) is 5.32 Å². The highest BCUT2D eigenvalue weighted by molar-refractivity contribution is 5.81. The standard InChI is InChI=1S/C8H15NO2/c1-5-3-7(5)8(11)9-6(2)4-10/h5-7,10H,3-4H2,1-2H3,(H,9,11). The molecule has 3 nitrogen and oxygen atoms in total. The number of carbonyl (C=O) groups excluding carboxylic acids is 1. The SMILES string of the molecule is CC(CO)NC(=O)C1CC1C. The maximum atomic E-state index is 11.2. The van der Waals surface area contributed by atoms with Crippen LogP contribution in [-0.2, 0) is 4.79 Å². The minimum atomic E-state index is -0.102. The fraction of sp³-hybridized carbons (Fsp3) is 0.875. The third-order valence-corrected chi connectivity index (χ3v) is 2.11. The summed E-state index contributed by atoms with van der Waals surface area (Å²) in [6.07, 6.45) is 1.00. The third-order valence-electron chi connectivity index (χ3n) is 2.11. The van der Waals surface area contributed by atoms with Crippen LogP contribution < -0.4 is 5.32 Å². The average molecular weight is 157 g/mol. The molecule has 1 amide bonds. The summed E-state index contributed by atoms with van der Waals surface area (Å²) in [5.41, 5.74) is 0. The third kappa shape index (κ3) is 2.19. The normalized spacial score (nSPS) is 31.2. The van der Waals surface area contributed by atoms with E-state index in [1.807, 2.05) is 0 Å². The Bertz CT molecular complexity index is 158. The molecule has 3 unspecified atom stereocenters. The summed E-state index contributed by atoms with van der Waals surface area (Å²) in [6, 6.07) is -0.102. The zero-order chi connectivity index (χ0) is 8.43. The predicted molar refractivity (Wildman–Crippen MR) is 42.0 cm³/mol. The van der Waals surface area contributed by atoms with Crippen molar-refractivity contribution < 1.29 is 9.90 Å². The van der Waals surface area contributed by atoms with E-state index >= 15 is 0 Å². The molecule has 0 aromatic rings. The molecule has 0 radical (unpaired) electrons. The number of aliphatic hydroxyl groups excluding tert-OH is 1. The summed E-state index contributed by atoms with van der Waals surface area (Å²) in [4.78, 5) is 11.2. The number of hydrogen-bond donors (Lipinski definition) is 2. The molecule has 0 saturated heterocycles. The van der Waals surface area contributed by atoms with E-state index in [1.165, 1.54) is 0 Å². The van der Waals surface area contributed by atoms with Gasteiger partial charge in [0.2, 0.25) is 5.91 Å². The quantitative estimate of drug-likeness (QED) is 0.612. The van der Waals surface area contributed by atoms with Crippen molar-refractivity contribution in [3.8, 4) is 0 Å². The molecule has 1 aliphatic rings. The Hall–Kier alpha value is -0.570. The minimum absolute atomic E-state index is 0.0207. The molecule has 0 spiro atoms. The molecule has 1 rings (SSSR count). The lowest BCUT2D eigenvalue weighted by molar-refractivity contribution is -0.123. The first-order valence-electron chi connectivity index (χ1n) is 4.06. The van der Waals surface area contributed by atoms with Crippen molar-refractivity contribution in [3.63, 3.8) is 0 Å². The van der Waals surface area contributed by atoms with Crippen LogP contribution in [0.4, 0.5) is 0 Å². The Kier molecular flexibility index (Phi) is 2.49. The van der Waals surface area contributed by atoms with E-state index in [9.17, 15) is 4.79 Å². The zero-order valence-corrected chi connectivity index (χ0v) is 7.00. The molecular formula is C8H15NO2. The Balaban J connectivity index is 2.21. The smallest absolute Gasteiger partial charge is 0.223 e. The fourth-order valence-electron chi connectivity index (χ4n) is 1.08. The van der Waals surface area contributed by atoms with Crippen LogP contribution in [0.15, 0.2) is 0 Å². The van der Waals surface area contributed by atoms with Crippen molar-refractivity contribution in [2.24, 2.45) is 11.8 Å². The summed E-state index contributed by atoms with van der Waals surface area (Å²) < 4.78 is 0. The lowest BCUT2D eigenvalue weighted by atomic mass is 10.3. The summed E-state index contributed by atoms with van der Waals surface area (Å²) in [5, 5.41) is 11.4. The van der Waals surface area contributed by atoms with Gasteiger partial charge in [0.1, 0.15) is 0 Å². The van der Waals surface area contributed by atoms with Gasteiger partial charge in [-0.15, -0.1) is 0 Å². The van der Waals surface area contributed by atoms with Gasteiger partial charge < -0.3 is 10.4 Å². The monoisotopic (exact) mass is 157 g/mol. The van der Waals surface area contributed by atoms with E-state index in [2.05, 4.69) is 12.2 Å². The van der Waals surface area contributed by atoms with Crippen LogP contribution in [0.1, 0.15) is 20.3 Å². The lowest BCUT2D eigenvalue weighted by Gasteiger charge is -2.09. The number of hydrogen-bond acceptors (Lipinski definition) is 2. The Labute approximate surface area is 66.8 Å². The van der Waals surface area contributed by atoms with Crippen molar-refractivity contribution in [2.45, 2.75) is 26.3 Å². The van der Waals surface area contributed by atoms with E-state index in [4.69, 9.17) is 5.11 Å². The molecule has 64 valence electrons. The Morgan fingerprint density at radius 2 is 2.36 bits per heavy atom. The fourth-order valence-corrected chi connectivity index (χ4v) is 1.08. The molecule has 0 aromatic heterocycles. The van der Waals surface area contributed by atoms with Crippen molar-refractivity contribution in [3.05, 3.63) is 0 Å². The Morgan fingerprint density at radius 1 is 1.82 bits per heavy atom. The summed E-state index contributed by atoms with van der Waals surface area (Å²) in [7, 11) is 0. The molecular weight excluding hydrogens is 142 g/mol. The number of aliphatic hydroxyl groups is 1. The van der Waals surface area contributed by atoms with Gasteiger partial charge >= 0.3 is 0 Å². The molecule has 3 atom stereocenters. The van der Waals surface area contributed by atoms with Crippen LogP contribution >= 0.6 is 0 Å². The van der Waals surface area contributed by atoms with Crippen molar-refractivity contribution in [1.29, 1.82) is 0 Å². The largest absolute Gasteiger partial charge is 0.394 e. The van der Waals surface area contributed by atoms with E-state index in [0.29, 0.717) is 5.92 Å². The predicted octanol–water partition coefficient (Wildman–Crippen LogP) is 0.139. The summed E-state index contributed by atoms with van der Waals surface area (Å²) in [6.45, 7) is 3.88. The number of rotatable bonds is 3. The zero-order valence-electron chi connectivity index (χ0n) is 7.00. The second-order valence-electron chi connectivity index (χ2n) is 3.41. The highest BCUT2D eigenvalue weighted by atomic mass is 16.3. The first-order valence-corrected chi connectivity index (χ1v) is 4.06. The second-order valence-corrected chi connectivity index (χ2v) is 3.41. The van der Waals surface area contributed by atoms with Crippen LogP contribution in [-0.4, -0.2) is 23.7 Å². The topological polar surface area (TPSA) is 49.3 Å². The minimum Gasteiger partial charge on any atom is -0.394 e. The van der Waals surface area contributed by atoms with E-state index in [1.54, 1.807) is 6.92 Å². The van der Waals surface area contributed by atoms with Gasteiger partial charge in [-0.25, -0.2) is 0 Å². The lowest BCUT2D eigenvalue weighted by Crippen LogP contribution is -2.36. The van der Waals surface area contributed by atoms with Crippen LogP contribution in [0.3, 0.4) is 0 Å². The molecule has 11 heavy (non-hydrogen) atoms. The van der Waals surface area contributed by atoms with E-state index in [-0.39, 0.29) is 24.5 Å². The molecule has 0 aliphatic heterocycles. The van der Waals surface area contributed by atoms with Gasteiger partial charge in [-0.2, -0.15) is 0 Å². The van der Waals surface area contributed by atoms with Crippen molar-refractivity contribution in [2.75, 3.05) is 6.61 Å². The first-order chi connectivity index (χ1) is 5.15. The van der Waals surface area contributed by atoms with Crippen LogP contribution in [0, 0.1) is 11.8 Å². The first kappa shape index (κ1) is 8.53. The van der Waals surface area contributed by atoms with Gasteiger partial charge in [-0.3, -0.25) is 4.79 Å². The maximum Gasteiger partial charge on any atom is 0.223 e. The molecule has 1 saturated carbocycles. The Morgan fingerprint density at radius 3 is 2.73 bits per heavy atom. The highest BCUT2D eigenvalue weighted by Crippen LogP contribution is 2.37. The van der Waals surface area contributed by atoms with Gasteiger partial charge in [-0.05, 0) is 19.3 Å². The molecule has 0 aromatic carbocycles. The number of amides is 1. The van der Waals surface area contributed by atoms with Gasteiger partial charge in [-0.1, -0.05) is 6.92 Å². The highest BCUT2D eigenvalue weighted by Gasteiger charge is 2.39. The number of nitrogens with one attached hydrogen (secondary N) is 1. The average Bonchev–Trinajstić information content (AvgIpc) is 2.66. The molecule has 0 heterocycles. The van der Waals surface area contributed by atoms with Crippen molar-refractivity contribution >= 4 is 5.91 Å². The summed E-state index contributed by atoms with van der Waals surface area (Å²) >= 11 is 0. The molecule has 0 bridgehead atoms. The van der Waals surface area contributed by atoms with Crippen LogP contribution in [0.5, 0.6) is 0 Å². The van der Waals surface area contributed by atoms with Crippen LogP contribution in [0.25, 0.3) is 0 Å². The maximum absolute atomic E-state index is 11.2.